The van der Waals surface area contributed by atoms with Crippen LogP contribution in [0, 0.1) is 11.6 Å². The van der Waals surface area contributed by atoms with Gasteiger partial charge in [0.2, 0.25) is 0 Å². The van der Waals surface area contributed by atoms with Crippen molar-refractivity contribution in [2.75, 3.05) is 10.7 Å². The largest absolute Gasteiger partial charge is 0.272 e. The van der Waals surface area contributed by atoms with E-state index in [1.54, 1.807) is 12.1 Å². The summed E-state index contributed by atoms with van der Waals surface area (Å²) in [6.07, 6.45) is 0. The van der Waals surface area contributed by atoms with Crippen molar-refractivity contribution in [1.82, 2.24) is 0 Å². The number of hydrogen-bond donors (Lipinski definition) is 0. The molecule has 0 unspecified atom stereocenters. The fourth-order valence-corrected chi connectivity index (χ4v) is 3.92. The molecule has 0 atom stereocenters. The molecule has 0 radical (unpaired) electrons. The Morgan fingerprint density at radius 2 is 1.73 bits per heavy atom. The van der Waals surface area contributed by atoms with Crippen LogP contribution in [0.1, 0.15) is 12.5 Å². The molecular formula is C18H11Cl2F2NO2S. The Balaban J connectivity index is 2.13. The van der Waals surface area contributed by atoms with Crippen molar-refractivity contribution in [3.63, 3.8) is 0 Å². The first kappa shape index (κ1) is 18.9. The van der Waals surface area contributed by atoms with Crippen LogP contribution in [-0.2, 0) is 9.59 Å². The monoisotopic (exact) mass is 413 g/mol. The van der Waals surface area contributed by atoms with E-state index in [0.29, 0.717) is 16.3 Å². The Morgan fingerprint density at radius 3 is 2.35 bits per heavy atom. The lowest BCUT2D eigenvalue weighted by atomic mass is 10.1. The van der Waals surface area contributed by atoms with Gasteiger partial charge in [-0.1, -0.05) is 36.2 Å². The third-order valence-electron chi connectivity index (χ3n) is 3.69. The number of rotatable bonds is 4. The first-order valence-corrected chi connectivity index (χ1v) is 9.25. The number of imide groups is 1. The topological polar surface area (TPSA) is 37.4 Å². The fourth-order valence-electron chi connectivity index (χ4n) is 2.58. The summed E-state index contributed by atoms with van der Waals surface area (Å²) in [6.45, 7) is 1.83. The zero-order valence-electron chi connectivity index (χ0n) is 13.4. The summed E-state index contributed by atoms with van der Waals surface area (Å²) in [5.74, 6) is -2.93. The summed E-state index contributed by atoms with van der Waals surface area (Å²) in [4.78, 5) is 26.8. The van der Waals surface area contributed by atoms with Gasteiger partial charge in [0.25, 0.3) is 11.8 Å². The Bertz CT molecular complexity index is 962. The van der Waals surface area contributed by atoms with Crippen molar-refractivity contribution < 1.29 is 18.4 Å². The molecule has 0 bridgehead atoms. The molecule has 3 nitrogen and oxygen atoms in total. The van der Waals surface area contributed by atoms with E-state index in [1.165, 1.54) is 23.9 Å². The summed E-state index contributed by atoms with van der Waals surface area (Å²) in [5, 5.41) is 0.605. The molecule has 1 heterocycles. The molecule has 0 aromatic heterocycles. The van der Waals surface area contributed by atoms with E-state index < -0.39 is 23.4 Å². The molecular weight excluding hydrogens is 403 g/mol. The second kappa shape index (κ2) is 7.39. The molecule has 8 heteroatoms. The van der Waals surface area contributed by atoms with E-state index in [-0.39, 0.29) is 21.2 Å². The van der Waals surface area contributed by atoms with Crippen LogP contribution in [0.2, 0.25) is 10.0 Å². The van der Waals surface area contributed by atoms with Gasteiger partial charge in [0.15, 0.2) is 11.6 Å². The highest BCUT2D eigenvalue weighted by atomic mass is 35.5. The summed E-state index contributed by atoms with van der Waals surface area (Å²) < 4.78 is 26.8. The molecule has 0 aliphatic carbocycles. The SMILES string of the molecule is CCSC1=C(c2ccc(Cl)cc2Cl)C(=O)N(c2ccc(F)c(F)c2)C1=O. The van der Waals surface area contributed by atoms with Gasteiger partial charge in [-0.15, -0.1) is 11.8 Å². The Kier molecular flexibility index (Phi) is 5.37. The number of amides is 2. The maximum atomic E-state index is 13.6. The lowest BCUT2D eigenvalue weighted by Gasteiger charge is -2.15. The van der Waals surface area contributed by atoms with Crippen molar-refractivity contribution in [2.45, 2.75) is 6.92 Å². The third-order valence-corrected chi connectivity index (χ3v) is 5.20. The molecule has 3 rings (SSSR count). The highest BCUT2D eigenvalue weighted by Gasteiger charge is 2.40. The second-order valence-corrected chi connectivity index (χ2v) is 7.42. The molecule has 26 heavy (non-hydrogen) atoms. The van der Waals surface area contributed by atoms with Crippen molar-refractivity contribution in [1.29, 1.82) is 0 Å². The van der Waals surface area contributed by atoms with Gasteiger partial charge in [0.05, 0.1) is 21.2 Å². The smallest absolute Gasteiger partial charge is 0.268 e. The number of halogens is 4. The number of carbonyl (C=O) groups is 2. The quantitative estimate of drug-likeness (QED) is 0.637. The number of anilines is 1. The van der Waals surface area contributed by atoms with Crippen LogP contribution in [-0.4, -0.2) is 17.6 Å². The van der Waals surface area contributed by atoms with E-state index >= 15 is 0 Å². The number of carbonyl (C=O) groups excluding carboxylic acids is 2. The van der Waals surface area contributed by atoms with Gasteiger partial charge in [0, 0.05) is 16.7 Å². The number of benzene rings is 2. The Hall–Kier alpha value is -1.89. The lowest BCUT2D eigenvalue weighted by Crippen LogP contribution is -2.31. The van der Waals surface area contributed by atoms with E-state index in [1.807, 2.05) is 6.92 Å². The van der Waals surface area contributed by atoms with Crippen LogP contribution in [0.25, 0.3) is 5.57 Å². The van der Waals surface area contributed by atoms with Gasteiger partial charge >= 0.3 is 0 Å². The van der Waals surface area contributed by atoms with Crippen molar-refractivity contribution >= 4 is 58.0 Å². The standard InChI is InChI=1S/C18H11Cl2F2NO2S/c1-2-26-16-15(11-5-3-9(19)7-12(11)20)17(24)23(18(16)25)10-4-6-13(21)14(22)8-10/h3-8H,2H2,1H3. The average Bonchev–Trinajstić information content (AvgIpc) is 2.82. The zero-order chi connectivity index (χ0) is 19.0. The van der Waals surface area contributed by atoms with Gasteiger partial charge in [-0.05, 0) is 30.0 Å². The van der Waals surface area contributed by atoms with Gasteiger partial charge < -0.3 is 0 Å². The van der Waals surface area contributed by atoms with Crippen molar-refractivity contribution in [2.24, 2.45) is 0 Å². The molecule has 2 aromatic carbocycles. The summed E-state index contributed by atoms with van der Waals surface area (Å²) in [5.41, 5.74) is 0.428. The summed E-state index contributed by atoms with van der Waals surface area (Å²) in [6, 6.07) is 7.43. The molecule has 2 amide bonds. The van der Waals surface area contributed by atoms with E-state index in [2.05, 4.69) is 0 Å². The summed E-state index contributed by atoms with van der Waals surface area (Å²) >= 11 is 13.3. The minimum atomic E-state index is -1.15. The van der Waals surface area contributed by atoms with Crippen molar-refractivity contribution in [3.05, 3.63) is 68.5 Å². The third kappa shape index (κ3) is 3.24. The maximum Gasteiger partial charge on any atom is 0.272 e. The second-order valence-electron chi connectivity index (χ2n) is 5.31. The fraction of sp³-hybridized carbons (Fsp3) is 0.111. The van der Waals surface area contributed by atoms with Gasteiger partial charge in [-0.25, -0.2) is 13.7 Å². The van der Waals surface area contributed by atoms with Crippen LogP contribution >= 0.6 is 35.0 Å². The highest BCUT2D eigenvalue weighted by molar-refractivity contribution is 8.04. The average molecular weight is 414 g/mol. The van der Waals surface area contributed by atoms with Crippen LogP contribution in [0.5, 0.6) is 0 Å². The predicted molar refractivity (Wildman–Crippen MR) is 100 cm³/mol. The first-order valence-electron chi connectivity index (χ1n) is 7.51. The van der Waals surface area contributed by atoms with Crippen LogP contribution in [0.4, 0.5) is 14.5 Å². The molecule has 0 fully saturated rings. The Labute approximate surface area is 162 Å². The van der Waals surface area contributed by atoms with Gasteiger partial charge in [0.1, 0.15) is 0 Å². The van der Waals surface area contributed by atoms with E-state index in [9.17, 15) is 18.4 Å². The normalized spacial score (nSPS) is 14.6. The zero-order valence-corrected chi connectivity index (χ0v) is 15.7. The molecule has 0 N–H and O–H groups in total. The molecule has 134 valence electrons. The predicted octanol–water partition coefficient (Wildman–Crippen LogP) is 5.31. The molecule has 0 saturated heterocycles. The maximum absolute atomic E-state index is 13.6. The number of nitrogens with zero attached hydrogens (tertiary/aromatic N) is 1. The van der Waals surface area contributed by atoms with Crippen LogP contribution < -0.4 is 4.90 Å². The first-order chi connectivity index (χ1) is 12.3. The number of hydrogen-bond acceptors (Lipinski definition) is 3. The van der Waals surface area contributed by atoms with Gasteiger partial charge in [-0.2, -0.15) is 0 Å². The molecule has 0 saturated carbocycles. The lowest BCUT2D eigenvalue weighted by molar-refractivity contribution is -0.119. The molecule has 2 aromatic rings. The molecule has 0 spiro atoms. The Morgan fingerprint density at radius 1 is 1.00 bits per heavy atom. The highest BCUT2D eigenvalue weighted by Crippen LogP contribution is 2.41. The summed E-state index contributed by atoms with van der Waals surface area (Å²) in [7, 11) is 0. The van der Waals surface area contributed by atoms with Crippen LogP contribution in [0.15, 0.2) is 41.3 Å². The van der Waals surface area contributed by atoms with Crippen LogP contribution in [0.3, 0.4) is 0 Å². The number of thioether (sulfide) groups is 1. The van der Waals surface area contributed by atoms with E-state index in [0.717, 1.165) is 17.0 Å². The van der Waals surface area contributed by atoms with E-state index in [4.69, 9.17) is 23.2 Å². The van der Waals surface area contributed by atoms with Crippen molar-refractivity contribution in [3.8, 4) is 0 Å². The minimum absolute atomic E-state index is 0.0480. The van der Waals surface area contributed by atoms with Gasteiger partial charge in [-0.3, -0.25) is 9.59 Å². The minimum Gasteiger partial charge on any atom is -0.268 e. The molecule has 1 aliphatic rings. The molecule has 1 aliphatic heterocycles.